The highest BCUT2D eigenvalue weighted by Crippen LogP contribution is 2.43. The standard InChI is InChI=1S/C11H8ClF5/c1-7(6-12)8-2-4-9(5-3-8)10(13,14)11(15,16)17/h2-5H,1,6H2. The molecule has 0 spiro atoms. The van der Waals surface area contributed by atoms with Crippen LogP contribution in [0.2, 0.25) is 0 Å². The Morgan fingerprint density at radius 1 is 1.06 bits per heavy atom. The molecule has 0 bridgehead atoms. The Morgan fingerprint density at radius 2 is 1.53 bits per heavy atom. The number of rotatable bonds is 3. The van der Waals surface area contributed by atoms with Crippen LogP contribution in [0.4, 0.5) is 22.0 Å². The molecule has 0 aliphatic rings. The zero-order chi connectivity index (χ0) is 13.3. The number of alkyl halides is 6. The van der Waals surface area contributed by atoms with Gasteiger partial charge in [0.25, 0.3) is 0 Å². The molecule has 0 heterocycles. The molecule has 0 atom stereocenters. The van der Waals surface area contributed by atoms with E-state index in [1.807, 2.05) is 0 Å². The summed E-state index contributed by atoms with van der Waals surface area (Å²) >= 11 is 5.46. The van der Waals surface area contributed by atoms with Crippen LogP contribution in [0.15, 0.2) is 30.8 Å². The molecule has 6 heteroatoms. The molecular weight excluding hydrogens is 263 g/mol. The van der Waals surface area contributed by atoms with Crippen LogP contribution in [0.25, 0.3) is 5.57 Å². The van der Waals surface area contributed by atoms with Gasteiger partial charge in [-0.3, -0.25) is 0 Å². The lowest BCUT2D eigenvalue weighted by molar-refractivity contribution is -0.289. The smallest absolute Gasteiger partial charge is 0.191 e. The van der Waals surface area contributed by atoms with E-state index < -0.39 is 17.7 Å². The summed E-state index contributed by atoms with van der Waals surface area (Å²) in [6, 6.07) is 3.72. The van der Waals surface area contributed by atoms with Crippen molar-refractivity contribution < 1.29 is 22.0 Å². The average Bonchev–Trinajstić information content (AvgIpc) is 2.26. The van der Waals surface area contributed by atoms with Crippen molar-refractivity contribution in [3.8, 4) is 0 Å². The minimum absolute atomic E-state index is 0.0784. The highest BCUT2D eigenvalue weighted by Gasteiger charge is 2.58. The molecule has 0 radical (unpaired) electrons. The van der Waals surface area contributed by atoms with Gasteiger partial charge in [-0.15, -0.1) is 11.6 Å². The van der Waals surface area contributed by atoms with Gasteiger partial charge < -0.3 is 0 Å². The second-order valence-corrected chi connectivity index (χ2v) is 3.65. The fourth-order valence-corrected chi connectivity index (χ4v) is 1.31. The summed E-state index contributed by atoms with van der Waals surface area (Å²) in [5.74, 6) is -4.77. The predicted molar refractivity (Wildman–Crippen MR) is 56.1 cm³/mol. The fourth-order valence-electron chi connectivity index (χ4n) is 1.16. The van der Waals surface area contributed by atoms with Crippen molar-refractivity contribution in [2.75, 3.05) is 5.88 Å². The molecule has 94 valence electrons. The number of allylic oxidation sites excluding steroid dienone is 1. The third-order valence-corrected chi connectivity index (χ3v) is 2.50. The van der Waals surface area contributed by atoms with Gasteiger partial charge >= 0.3 is 12.1 Å². The second-order valence-electron chi connectivity index (χ2n) is 3.39. The van der Waals surface area contributed by atoms with Crippen molar-refractivity contribution in [1.29, 1.82) is 0 Å². The fraction of sp³-hybridized carbons (Fsp3) is 0.273. The summed E-state index contributed by atoms with van der Waals surface area (Å²) in [5, 5.41) is 0. The van der Waals surface area contributed by atoms with Crippen molar-refractivity contribution in [3.05, 3.63) is 42.0 Å². The molecule has 0 saturated heterocycles. The Bertz CT molecular complexity index is 405. The first-order valence-corrected chi connectivity index (χ1v) is 5.03. The van der Waals surface area contributed by atoms with Crippen molar-refractivity contribution in [1.82, 2.24) is 0 Å². The van der Waals surface area contributed by atoms with Gasteiger partial charge in [0.05, 0.1) is 0 Å². The average molecular weight is 271 g/mol. The van der Waals surface area contributed by atoms with Crippen LogP contribution < -0.4 is 0 Å². The van der Waals surface area contributed by atoms with Gasteiger partial charge in [-0.2, -0.15) is 22.0 Å². The predicted octanol–water partition coefficient (Wildman–Crippen LogP) is 4.59. The molecule has 0 fully saturated rings. The summed E-state index contributed by atoms with van der Waals surface area (Å²) < 4.78 is 62.0. The van der Waals surface area contributed by atoms with Gasteiger partial charge in [0.15, 0.2) is 0 Å². The lowest BCUT2D eigenvalue weighted by Gasteiger charge is -2.20. The van der Waals surface area contributed by atoms with Crippen LogP contribution >= 0.6 is 11.6 Å². The quantitative estimate of drug-likeness (QED) is 0.556. The number of halogens is 6. The van der Waals surface area contributed by atoms with Crippen LogP contribution in [-0.2, 0) is 5.92 Å². The Hall–Kier alpha value is -1.10. The molecule has 1 aromatic rings. The first-order valence-electron chi connectivity index (χ1n) is 4.49. The molecule has 0 aliphatic carbocycles. The molecule has 0 N–H and O–H groups in total. The second kappa shape index (κ2) is 4.64. The molecule has 0 aliphatic heterocycles. The topological polar surface area (TPSA) is 0 Å². The largest absolute Gasteiger partial charge is 0.458 e. The molecule has 0 saturated carbocycles. The van der Waals surface area contributed by atoms with E-state index in [0.29, 0.717) is 11.1 Å². The van der Waals surface area contributed by atoms with Crippen molar-refractivity contribution in [2.45, 2.75) is 12.1 Å². The Balaban J connectivity index is 3.07. The minimum atomic E-state index is -5.60. The van der Waals surface area contributed by atoms with E-state index in [1.54, 1.807) is 0 Å². The van der Waals surface area contributed by atoms with E-state index in [2.05, 4.69) is 6.58 Å². The van der Waals surface area contributed by atoms with Crippen molar-refractivity contribution in [2.24, 2.45) is 0 Å². The molecule has 1 aromatic carbocycles. The summed E-state index contributed by atoms with van der Waals surface area (Å²) in [7, 11) is 0. The maximum atomic E-state index is 12.9. The monoisotopic (exact) mass is 270 g/mol. The lowest BCUT2D eigenvalue weighted by Crippen LogP contribution is -2.33. The van der Waals surface area contributed by atoms with E-state index in [4.69, 9.17) is 11.6 Å². The van der Waals surface area contributed by atoms with Crippen LogP contribution in [0, 0.1) is 0 Å². The molecule has 17 heavy (non-hydrogen) atoms. The highest BCUT2D eigenvalue weighted by molar-refractivity contribution is 6.23. The first kappa shape index (κ1) is 14.0. The molecule has 0 unspecified atom stereocenters. The van der Waals surface area contributed by atoms with E-state index in [-0.39, 0.29) is 5.88 Å². The van der Waals surface area contributed by atoms with Gasteiger partial charge in [0.2, 0.25) is 0 Å². The number of benzene rings is 1. The molecule has 1 rings (SSSR count). The van der Waals surface area contributed by atoms with Gasteiger partial charge in [0.1, 0.15) is 0 Å². The zero-order valence-electron chi connectivity index (χ0n) is 8.49. The normalized spacial score (nSPS) is 12.6. The van der Waals surface area contributed by atoms with Gasteiger partial charge in [0, 0.05) is 11.4 Å². The molecular formula is C11H8ClF5. The summed E-state index contributed by atoms with van der Waals surface area (Å²) in [6.07, 6.45) is -5.60. The van der Waals surface area contributed by atoms with Gasteiger partial charge in [-0.1, -0.05) is 30.8 Å². The van der Waals surface area contributed by atoms with Gasteiger partial charge in [-0.05, 0) is 11.1 Å². The van der Waals surface area contributed by atoms with E-state index in [9.17, 15) is 22.0 Å². The highest BCUT2D eigenvalue weighted by atomic mass is 35.5. The summed E-state index contributed by atoms with van der Waals surface area (Å²) in [6.45, 7) is 3.54. The van der Waals surface area contributed by atoms with Crippen molar-refractivity contribution >= 4 is 17.2 Å². The Morgan fingerprint density at radius 3 is 1.88 bits per heavy atom. The summed E-state index contributed by atoms with van der Waals surface area (Å²) in [5.41, 5.74) is -0.216. The van der Waals surface area contributed by atoms with Crippen LogP contribution in [0.3, 0.4) is 0 Å². The molecule has 0 aromatic heterocycles. The maximum absolute atomic E-state index is 12.9. The van der Waals surface area contributed by atoms with E-state index >= 15 is 0 Å². The zero-order valence-corrected chi connectivity index (χ0v) is 9.25. The number of hydrogen-bond donors (Lipinski definition) is 0. The third-order valence-electron chi connectivity index (χ3n) is 2.17. The lowest BCUT2D eigenvalue weighted by atomic mass is 10.0. The van der Waals surface area contributed by atoms with E-state index in [0.717, 1.165) is 24.3 Å². The van der Waals surface area contributed by atoms with E-state index in [1.165, 1.54) is 0 Å². The van der Waals surface area contributed by atoms with Crippen LogP contribution in [0.1, 0.15) is 11.1 Å². The molecule has 0 amide bonds. The van der Waals surface area contributed by atoms with Crippen molar-refractivity contribution in [3.63, 3.8) is 0 Å². The number of hydrogen-bond acceptors (Lipinski definition) is 0. The maximum Gasteiger partial charge on any atom is 0.458 e. The van der Waals surface area contributed by atoms with Gasteiger partial charge in [-0.25, -0.2) is 0 Å². The molecule has 0 nitrogen and oxygen atoms in total. The van der Waals surface area contributed by atoms with Crippen LogP contribution in [-0.4, -0.2) is 12.1 Å². The Kier molecular flexibility index (Phi) is 3.81. The first-order chi connectivity index (χ1) is 7.70. The minimum Gasteiger partial charge on any atom is -0.191 e. The Labute approximate surface area is 99.7 Å². The van der Waals surface area contributed by atoms with Crippen LogP contribution in [0.5, 0.6) is 0 Å². The SMILES string of the molecule is C=C(CCl)c1ccc(C(F)(F)C(F)(F)F)cc1. The third kappa shape index (κ3) is 2.77. The summed E-state index contributed by atoms with van der Waals surface area (Å²) in [4.78, 5) is 0.